The topological polar surface area (TPSA) is 29.5 Å². The van der Waals surface area contributed by atoms with Gasteiger partial charge >= 0.3 is 0 Å². The normalized spacial score (nSPS) is 24.7. The fraction of sp³-hybridized carbons (Fsp3) is 1.00. The molecule has 0 spiro atoms. The Morgan fingerprint density at radius 3 is 2.22 bits per heavy atom. The quantitative estimate of drug-likeness (QED) is 0.503. The predicted molar refractivity (Wildman–Crippen MR) is 37.1 cm³/mol. The number of likely N-dealkylation sites (N-methyl/N-ethyl adjacent to an activating group) is 1. The SMILES string of the molecule is CCN1CCN([O-])CC1. The van der Waals surface area contributed by atoms with E-state index in [1.54, 1.807) is 0 Å². The van der Waals surface area contributed by atoms with Crippen LogP contribution in [0.4, 0.5) is 0 Å². The molecule has 1 aliphatic rings. The van der Waals surface area contributed by atoms with Crippen LogP contribution >= 0.6 is 0 Å². The molecule has 1 aliphatic heterocycles. The lowest BCUT2D eigenvalue weighted by Gasteiger charge is -2.37. The lowest BCUT2D eigenvalue weighted by atomic mass is 10.4. The van der Waals surface area contributed by atoms with Gasteiger partial charge in [-0.3, -0.25) is 0 Å². The molecule has 1 rings (SSSR count). The van der Waals surface area contributed by atoms with E-state index in [2.05, 4.69) is 11.8 Å². The summed E-state index contributed by atoms with van der Waals surface area (Å²) in [7, 11) is 0. The molecule has 0 atom stereocenters. The van der Waals surface area contributed by atoms with Crippen LogP contribution in [0.15, 0.2) is 0 Å². The summed E-state index contributed by atoms with van der Waals surface area (Å²) in [5.41, 5.74) is 0. The van der Waals surface area contributed by atoms with E-state index in [0.717, 1.165) is 24.7 Å². The monoisotopic (exact) mass is 129 g/mol. The van der Waals surface area contributed by atoms with E-state index < -0.39 is 0 Å². The Morgan fingerprint density at radius 2 is 1.78 bits per heavy atom. The van der Waals surface area contributed by atoms with Crippen LogP contribution in [0, 0.1) is 5.21 Å². The second-order valence-corrected chi connectivity index (χ2v) is 2.36. The number of hydrogen-bond donors (Lipinski definition) is 0. The molecule has 0 saturated carbocycles. The van der Waals surface area contributed by atoms with Gasteiger partial charge in [0.1, 0.15) is 0 Å². The first-order chi connectivity index (χ1) is 4.33. The molecule has 3 heteroatoms. The minimum Gasteiger partial charge on any atom is -0.785 e. The third kappa shape index (κ3) is 1.93. The van der Waals surface area contributed by atoms with Crippen LogP contribution in [0.5, 0.6) is 0 Å². The molecule has 0 amide bonds. The maximum atomic E-state index is 10.6. The molecule has 3 nitrogen and oxygen atoms in total. The third-order valence-corrected chi connectivity index (χ3v) is 1.78. The van der Waals surface area contributed by atoms with E-state index in [-0.39, 0.29) is 0 Å². The van der Waals surface area contributed by atoms with E-state index in [1.807, 2.05) is 0 Å². The zero-order valence-electron chi connectivity index (χ0n) is 5.84. The largest absolute Gasteiger partial charge is 0.785 e. The summed E-state index contributed by atoms with van der Waals surface area (Å²) in [5.74, 6) is 0. The van der Waals surface area contributed by atoms with E-state index in [9.17, 15) is 5.21 Å². The average Bonchev–Trinajstić information content (AvgIpc) is 1.90. The first-order valence-electron chi connectivity index (χ1n) is 3.47. The number of hydroxylamine groups is 2. The zero-order chi connectivity index (χ0) is 6.69. The van der Waals surface area contributed by atoms with Gasteiger partial charge in [-0.2, -0.15) is 0 Å². The number of nitrogens with zero attached hydrogens (tertiary/aromatic N) is 2. The molecular weight excluding hydrogens is 116 g/mol. The molecule has 9 heavy (non-hydrogen) atoms. The first kappa shape index (κ1) is 6.99. The maximum absolute atomic E-state index is 10.6. The summed E-state index contributed by atoms with van der Waals surface area (Å²) in [5, 5.41) is 11.7. The fourth-order valence-corrected chi connectivity index (χ4v) is 1.05. The second kappa shape index (κ2) is 3.15. The van der Waals surface area contributed by atoms with Gasteiger partial charge in [-0.25, -0.2) is 0 Å². The van der Waals surface area contributed by atoms with Gasteiger partial charge in [0.25, 0.3) is 0 Å². The summed E-state index contributed by atoms with van der Waals surface area (Å²) < 4.78 is 0. The second-order valence-electron chi connectivity index (χ2n) is 2.36. The van der Waals surface area contributed by atoms with Crippen molar-refractivity contribution in [3.63, 3.8) is 0 Å². The maximum Gasteiger partial charge on any atom is 0.0100 e. The average molecular weight is 129 g/mol. The van der Waals surface area contributed by atoms with Crippen LogP contribution in [0.1, 0.15) is 6.92 Å². The van der Waals surface area contributed by atoms with Crippen molar-refractivity contribution >= 4 is 0 Å². The van der Waals surface area contributed by atoms with E-state index in [1.165, 1.54) is 0 Å². The van der Waals surface area contributed by atoms with Crippen molar-refractivity contribution in [1.29, 1.82) is 0 Å². The van der Waals surface area contributed by atoms with E-state index >= 15 is 0 Å². The Labute approximate surface area is 55.8 Å². The molecule has 1 heterocycles. The van der Waals surface area contributed by atoms with E-state index in [4.69, 9.17) is 0 Å². The lowest BCUT2D eigenvalue weighted by molar-refractivity contribution is 0.176. The minimum absolute atomic E-state index is 0.688. The van der Waals surface area contributed by atoms with Crippen molar-refractivity contribution in [3.05, 3.63) is 5.21 Å². The van der Waals surface area contributed by atoms with Crippen LogP contribution in [0.3, 0.4) is 0 Å². The molecule has 0 aromatic heterocycles. The summed E-state index contributed by atoms with van der Waals surface area (Å²) in [6.07, 6.45) is 0. The number of rotatable bonds is 1. The highest BCUT2D eigenvalue weighted by atomic mass is 16.5. The van der Waals surface area contributed by atoms with Gasteiger partial charge in [-0.05, 0) is 19.6 Å². The standard InChI is InChI=1S/C6H13N2O/c1-2-7-3-5-8(9)6-4-7/h2-6H2,1H3/q-1. The van der Waals surface area contributed by atoms with Gasteiger partial charge in [0.2, 0.25) is 0 Å². The van der Waals surface area contributed by atoms with Crippen LogP contribution in [-0.4, -0.2) is 42.7 Å². The smallest absolute Gasteiger partial charge is 0.0100 e. The minimum atomic E-state index is 0.688. The summed E-state index contributed by atoms with van der Waals surface area (Å²) in [6.45, 7) is 6.47. The van der Waals surface area contributed by atoms with Gasteiger partial charge in [-0.15, -0.1) is 0 Å². The van der Waals surface area contributed by atoms with Crippen molar-refractivity contribution in [1.82, 2.24) is 9.96 Å². The molecular formula is C6H13N2O-. The predicted octanol–water partition coefficient (Wildman–Crippen LogP) is 0.122. The number of hydrogen-bond acceptors (Lipinski definition) is 3. The Morgan fingerprint density at radius 1 is 1.22 bits per heavy atom. The zero-order valence-corrected chi connectivity index (χ0v) is 5.84. The molecule has 1 saturated heterocycles. The highest BCUT2D eigenvalue weighted by Crippen LogP contribution is 1.97. The van der Waals surface area contributed by atoms with Gasteiger partial charge in [0.15, 0.2) is 0 Å². The van der Waals surface area contributed by atoms with Crippen molar-refractivity contribution in [2.24, 2.45) is 0 Å². The summed E-state index contributed by atoms with van der Waals surface area (Å²) in [6, 6.07) is 0. The van der Waals surface area contributed by atoms with Gasteiger partial charge in [-0.1, -0.05) is 6.92 Å². The molecule has 54 valence electrons. The Bertz CT molecular complexity index is 79.1. The third-order valence-electron chi connectivity index (χ3n) is 1.78. The summed E-state index contributed by atoms with van der Waals surface area (Å²) in [4.78, 5) is 2.29. The molecule has 0 aromatic rings. The van der Waals surface area contributed by atoms with Crippen molar-refractivity contribution in [2.45, 2.75) is 6.92 Å². The highest BCUT2D eigenvalue weighted by Gasteiger charge is 2.07. The van der Waals surface area contributed by atoms with Gasteiger partial charge < -0.3 is 15.2 Å². The van der Waals surface area contributed by atoms with Gasteiger partial charge in [0, 0.05) is 13.1 Å². The molecule has 1 fully saturated rings. The number of piperazine rings is 1. The molecule has 0 aromatic carbocycles. The van der Waals surface area contributed by atoms with Gasteiger partial charge in [0.05, 0.1) is 0 Å². The molecule has 0 aliphatic carbocycles. The molecule has 0 radical (unpaired) electrons. The van der Waals surface area contributed by atoms with Crippen LogP contribution in [0.25, 0.3) is 0 Å². The highest BCUT2D eigenvalue weighted by molar-refractivity contribution is 4.70. The molecule has 0 bridgehead atoms. The van der Waals surface area contributed by atoms with Crippen molar-refractivity contribution in [3.8, 4) is 0 Å². The Kier molecular flexibility index (Phi) is 2.45. The van der Waals surface area contributed by atoms with Crippen molar-refractivity contribution < 1.29 is 0 Å². The first-order valence-corrected chi connectivity index (χ1v) is 3.47. The summed E-state index contributed by atoms with van der Waals surface area (Å²) >= 11 is 0. The fourth-order valence-electron chi connectivity index (χ4n) is 1.05. The van der Waals surface area contributed by atoms with Crippen LogP contribution in [0.2, 0.25) is 0 Å². The van der Waals surface area contributed by atoms with Crippen LogP contribution < -0.4 is 0 Å². The van der Waals surface area contributed by atoms with Crippen LogP contribution in [-0.2, 0) is 0 Å². The molecule has 0 N–H and O–H groups in total. The van der Waals surface area contributed by atoms with Crippen molar-refractivity contribution in [2.75, 3.05) is 32.7 Å². The Hall–Kier alpha value is -0.120. The lowest BCUT2D eigenvalue weighted by Crippen LogP contribution is -2.43. The Balaban J connectivity index is 2.18. The molecule has 0 unspecified atom stereocenters. The van der Waals surface area contributed by atoms with E-state index in [0.29, 0.717) is 13.1 Å².